The van der Waals surface area contributed by atoms with Crippen molar-refractivity contribution in [3.05, 3.63) is 35.4 Å². The zero-order valence-electron chi connectivity index (χ0n) is 16.3. The fourth-order valence-corrected chi connectivity index (χ4v) is 3.53. The lowest BCUT2D eigenvalue weighted by Gasteiger charge is -2.23. The molecule has 3 rings (SSSR count). The van der Waals surface area contributed by atoms with Gasteiger partial charge in [-0.2, -0.15) is 0 Å². The van der Waals surface area contributed by atoms with Gasteiger partial charge in [-0.05, 0) is 31.9 Å². The van der Waals surface area contributed by atoms with Crippen LogP contribution < -0.4 is 4.74 Å². The molecule has 0 N–H and O–H groups in total. The van der Waals surface area contributed by atoms with E-state index in [1.54, 1.807) is 13.2 Å². The SMILES string of the molecule is COC(=O)c1c(/C=C/C[C@H]2O[C@H](OC)[C@@H]3OC(C)(C)O[C@@H]32)cccc1OC. The molecule has 0 aromatic heterocycles. The summed E-state index contributed by atoms with van der Waals surface area (Å²) >= 11 is 0. The van der Waals surface area contributed by atoms with Crippen LogP contribution in [-0.2, 0) is 23.7 Å². The van der Waals surface area contributed by atoms with Gasteiger partial charge in [0.15, 0.2) is 12.1 Å². The Hall–Kier alpha value is -1.93. The Bertz CT molecular complexity index is 712. The summed E-state index contributed by atoms with van der Waals surface area (Å²) in [7, 11) is 4.46. The van der Waals surface area contributed by atoms with Crippen molar-refractivity contribution in [2.45, 2.75) is 50.7 Å². The van der Waals surface area contributed by atoms with E-state index in [9.17, 15) is 4.79 Å². The Labute approximate surface area is 159 Å². The van der Waals surface area contributed by atoms with Crippen LogP contribution in [0.15, 0.2) is 24.3 Å². The highest BCUT2D eigenvalue weighted by molar-refractivity contribution is 5.96. The van der Waals surface area contributed by atoms with E-state index in [0.717, 1.165) is 0 Å². The first-order valence-corrected chi connectivity index (χ1v) is 8.86. The van der Waals surface area contributed by atoms with Crippen LogP contribution in [-0.4, -0.2) is 57.7 Å². The summed E-state index contributed by atoms with van der Waals surface area (Å²) in [5, 5.41) is 0. The number of esters is 1. The van der Waals surface area contributed by atoms with Crippen molar-refractivity contribution >= 4 is 12.0 Å². The minimum absolute atomic E-state index is 0.204. The monoisotopic (exact) mass is 378 g/mol. The minimum atomic E-state index is -0.664. The second kappa shape index (κ2) is 7.98. The lowest BCUT2D eigenvalue weighted by Crippen LogP contribution is -2.30. The minimum Gasteiger partial charge on any atom is -0.496 e. The Morgan fingerprint density at radius 3 is 2.59 bits per heavy atom. The van der Waals surface area contributed by atoms with Crippen LogP contribution in [0.3, 0.4) is 0 Å². The number of carbonyl (C=O) groups excluding carboxylic acids is 1. The topological polar surface area (TPSA) is 72.5 Å². The number of rotatable bonds is 6. The molecule has 0 saturated carbocycles. The first-order valence-electron chi connectivity index (χ1n) is 8.86. The molecule has 1 aromatic rings. The highest BCUT2D eigenvalue weighted by atomic mass is 16.8. The van der Waals surface area contributed by atoms with E-state index < -0.39 is 18.0 Å². The number of methoxy groups -OCH3 is 3. The molecule has 7 nitrogen and oxygen atoms in total. The van der Waals surface area contributed by atoms with Crippen LogP contribution in [0.4, 0.5) is 0 Å². The van der Waals surface area contributed by atoms with E-state index >= 15 is 0 Å². The molecule has 1 aromatic carbocycles. The Balaban J connectivity index is 1.75. The molecule has 0 spiro atoms. The third kappa shape index (κ3) is 4.01. The molecule has 148 valence electrons. The maximum atomic E-state index is 12.1. The normalized spacial score (nSPS) is 29.1. The largest absolute Gasteiger partial charge is 0.496 e. The van der Waals surface area contributed by atoms with Crippen molar-refractivity contribution in [2.75, 3.05) is 21.3 Å². The average molecular weight is 378 g/mol. The summed E-state index contributed by atoms with van der Waals surface area (Å²) < 4.78 is 33.3. The van der Waals surface area contributed by atoms with Gasteiger partial charge in [0, 0.05) is 7.11 Å². The summed E-state index contributed by atoms with van der Waals surface area (Å²) in [6, 6.07) is 5.38. The van der Waals surface area contributed by atoms with Gasteiger partial charge in [0.1, 0.15) is 23.5 Å². The van der Waals surface area contributed by atoms with Gasteiger partial charge in [0.2, 0.25) is 0 Å². The van der Waals surface area contributed by atoms with Gasteiger partial charge < -0.3 is 28.4 Å². The van der Waals surface area contributed by atoms with Crippen LogP contribution in [0.1, 0.15) is 36.2 Å². The zero-order valence-corrected chi connectivity index (χ0v) is 16.3. The summed E-state index contributed by atoms with van der Waals surface area (Å²) in [4.78, 5) is 12.1. The maximum absolute atomic E-state index is 12.1. The number of hydrogen-bond donors (Lipinski definition) is 0. The van der Waals surface area contributed by atoms with Gasteiger partial charge in [-0.15, -0.1) is 0 Å². The van der Waals surface area contributed by atoms with Gasteiger partial charge in [0.25, 0.3) is 0 Å². The molecule has 0 aliphatic carbocycles. The van der Waals surface area contributed by atoms with E-state index in [-0.39, 0.29) is 18.3 Å². The molecule has 2 saturated heterocycles. The predicted molar refractivity (Wildman–Crippen MR) is 97.5 cm³/mol. The molecule has 27 heavy (non-hydrogen) atoms. The molecular formula is C20H26O7. The highest BCUT2D eigenvalue weighted by Crippen LogP contribution is 2.40. The van der Waals surface area contributed by atoms with Crippen LogP contribution >= 0.6 is 0 Å². The van der Waals surface area contributed by atoms with Gasteiger partial charge in [0.05, 0.1) is 20.3 Å². The quantitative estimate of drug-likeness (QED) is 0.705. The molecule has 2 aliphatic rings. The predicted octanol–water partition coefficient (Wildman–Crippen LogP) is 2.78. The summed E-state index contributed by atoms with van der Waals surface area (Å²) in [5.41, 5.74) is 1.10. The number of hydrogen-bond acceptors (Lipinski definition) is 7. The molecular weight excluding hydrogens is 352 g/mol. The molecule has 2 fully saturated rings. The van der Waals surface area contributed by atoms with E-state index in [1.165, 1.54) is 14.2 Å². The standard InChI is InChI=1S/C20H26O7/c1-20(2)26-16-14(25-19(24-5)17(16)27-20)11-7-9-12-8-6-10-13(22-3)15(12)18(21)23-4/h6-10,14,16-17,19H,11H2,1-5H3/b9-7+/t14-,16-,17-,19+/m1/s1. The third-order valence-electron chi connectivity index (χ3n) is 4.67. The van der Waals surface area contributed by atoms with Crippen molar-refractivity contribution < 1.29 is 33.2 Å². The van der Waals surface area contributed by atoms with Crippen molar-refractivity contribution in [2.24, 2.45) is 0 Å². The van der Waals surface area contributed by atoms with Crippen molar-refractivity contribution in [1.29, 1.82) is 0 Å². The molecule has 0 bridgehead atoms. The molecule has 2 aliphatic heterocycles. The highest BCUT2D eigenvalue weighted by Gasteiger charge is 2.55. The smallest absolute Gasteiger partial charge is 0.342 e. The molecule has 0 unspecified atom stereocenters. The molecule has 0 radical (unpaired) electrons. The number of benzene rings is 1. The maximum Gasteiger partial charge on any atom is 0.342 e. The Morgan fingerprint density at radius 1 is 1.19 bits per heavy atom. The van der Waals surface area contributed by atoms with Gasteiger partial charge in [-0.1, -0.05) is 24.3 Å². The molecule has 7 heteroatoms. The van der Waals surface area contributed by atoms with Crippen molar-refractivity contribution in [1.82, 2.24) is 0 Å². The first kappa shape index (κ1) is 19.8. The van der Waals surface area contributed by atoms with Crippen molar-refractivity contribution in [3.8, 4) is 5.75 Å². The van der Waals surface area contributed by atoms with E-state index in [0.29, 0.717) is 23.3 Å². The van der Waals surface area contributed by atoms with Crippen LogP contribution in [0, 0.1) is 0 Å². The van der Waals surface area contributed by atoms with Crippen LogP contribution in [0.2, 0.25) is 0 Å². The lowest BCUT2D eigenvalue weighted by atomic mass is 10.0. The van der Waals surface area contributed by atoms with E-state index in [4.69, 9.17) is 28.4 Å². The number of ether oxygens (including phenoxy) is 6. The van der Waals surface area contributed by atoms with Gasteiger partial charge in [-0.3, -0.25) is 0 Å². The van der Waals surface area contributed by atoms with Crippen LogP contribution in [0.5, 0.6) is 5.75 Å². The van der Waals surface area contributed by atoms with Crippen LogP contribution in [0.25, 0.3) is 6.08 Å². The summed E-state index contributed by atoms with van der Waals surface area (Å²) in [6.07, 6.45) is 3.25. The zero-order chi connectivity index (χ0) is 19.6. The van der Waals surface area contributed by atoms with Gasteiger partial charge in [-0.25, -0.2) is 4.79 Å². The number of carbonyl (C=O) groups is 1. The van der Waals surface area contributed by atoms with E-state index in [2.05, 4.69) is 0 Å². The molecule has 0 amide bonds. The lowest BCUT2D eigenvalue weighted by molar-refractivity contribution is -0.226. The second-order valence-electron chi connectivity index (χ2n) is 6.90. The third-order valence-corrected chi connectivity index (χ3v) is 4.67. The van der Waals surface area contributed by atoms with Crippen molar-refractivity contribution in [3.63, 3.8) is 0 Å². The Morgan fingerprint density at radius 2 is 1.93 bits per heavy atom. The van der Waals surface area contributed by atoms with Gasteiger partial charge >= 0.3 is 5.97 Å². The average Bonchev–Trinajstić information content (AvgIpc) is 3.14. The molecule has 4 atom stereocenters. The fraction of sp³-hybridized carbons (Fsp3) is 0.550. The second-order valence-corrected chi connectivity index (χ2v) is 6.90. The Kier molecular flexibility index (Phi) is 5.86. The molecule has 2 heterocycles. The summed E-state index contributed by atoms with van der Waals surface area (Å²) in [6.45, 7) is 3.76. The fourth-order valence-electron chi connectivity index (χ4n) is 3.53. The van der Waals surface area contributed by atoms with E-state index in [1.807, 2.05) is 38.1 Å². The number of fused-ring (bicyclic) bond motifs is 1. The first-order chi connectivity index (χ1) is 12.9. The summed E-state index contributed by atoms with van der Waals surface area (Å²) in [5.74, 6) is -0.643.